The van der Waals surface area contributed by atoms with Crippen LogP contribution in [-0.4, -0.2) is 32.0 Å². The average molecular weight is 442 g/mol. The van der Waals surface area contributed by atoms with Gasteiger partial charge in [0.25, 0.3) is 5.91 Å². The molecule has 0 saturated carbocycles. The molecule has 0 bridgehead atoms. The third kappa shape index (κ3) is 3.89. The van der Waals surface area contributed by atoms with Crippen LogP contribution < -0.4 is 5.32 Å². The van der Waals surface area contributed by atoms with Gasteiger partial charge in [-0.1, -0.05) is 23.2 Å². The number of hydrogen-bond donors (Lipinski definition) is 1. The van der Waals surface area contributed by atoms with Gasteiger partial charge >= 0.3 is 0 Å². The first-order chi connectivity index (χ1) is 9.90. The summed E-state index contributed by atoms with van der Waals surface area (Å²) in [5.74, 6) is -0.180. The van der Waals surface area contributed by atoms with Crippen molar-refractivity contribution in [2.45, 2.75) is 19.9 Å². The van der Waals surface area contributed by atoms with E-state index in [0.29, 0.717) is 41.1 Å². The molecule has 6 nitrogen and oxygen atoms in total. The summed E-state index contributed by atoms with van der Waals surface area (Å²) in [6, 6.07) is 0. The summed E-state index contributed by atoms with van der Waals surface area (Å²) in [6.07, 6.45) is 2.50. The summed E-state index contributed by atoms with van der Waals surface area (Å²) in [7, 11) is 1.78. The van der Waals surface area contributed by atoms with Crippen molar-refractivity contribution < 1.29 is 4.79 Å². The van der Waals surface area contributed by atoms with E-state index in [2.05, 4.69) is 38.1 Å². The van der Waals surface area contributed by atoms with Crippen molar-refractivity contribution in [2.75, 3.05) is 6.54 Å². The number of nitrogens with zero attached hydrogens (tertiary/aromatic N) is 4. The number of carbonyl (C=O) groups is 1. The molecule has 21 heavy (non-hydrogen) atoms. The molecule has 0 aliphatic carbocycles. The normalized spacial score (nSPS) is 10.9. The van der Waals surface area contributed by atoms with E-state index in [1.165, 1.54) is 0 Å². The van der Waals surface area contributed by atoms with Gasteiger partial charge in [0.15, 0.2) is 5.69 Å². The number of amides is 1. The van der Waals surface area contributed by atoms with Crippen molar-refractivity contribution in [3.63, 3.8) is 0 Å². The van der Waals surface area contributed by atoms with Crippen molar-refractivity contribution in [3.05, 3.63) is 31.3 Å². The van der Waals surface area contributed by atoms with Crippen LogP contribution in [0.2, 0.25) is 10.2 Å². The van der Waals surface area contributed by atoms with Gasteiger partial charge in [0.05, 0.1) is 9.26 Å². The van der Waals surface area contributed by atoms with E-state index in [4.69, 9.17) is 23.2 Å². The van der Waals surface area contributed by atoms with Crippen LogP contribution >= 0.6 is 45.8 Å². The largest absolute Gasteiger partial charge is 0.351 e. The Hall–Kier alpha value is -0.800. The lowest BCUT2D eigenvalue weighted by Gasteiger charge is -2.05. The average Bonchev–Trinajstić information content (AvgIpc) is 2.89. The van der Waals surface area contributed by atoms with Gasteiger partial charge < -0.3 is 5.32 Å². The lowest BCUT2D eigenvalue weighted by Crippen LogP contribution is -2.26. The molecule has 0 atom stereocenters. The van der Waals surface area contributed by atoms with Gasteiger partial charge in [-0.3, -0.25) is 14.2 Å². The monoisotopic (exact) mass is 441 g/mol. The van der Waals surface area contributed by atoms with Crippen LogP contribution in [0.4, 0.5) is 0 Å². The zero-order chi connectivity index (χ0) is 15.6. The maximum absolute atomic E-state index is 12.0. The summed E-state index contributed by atoms with van der Waals surface area (Å²) >= 11 is 14.1. The Kier molecular flexibility index (Phi) is 5.50. The molecular weight excluding hydrogens is 428 g/mol. The Balaban J connectivity index is 1.83. The Bertz CT molecular complexity index is 667. The highest BCUT2D eigenvalue weighted by Gasteiger charge is 2.14. The molecule has 0 aromatic carbocycles. The minimum Gasteiger partial charge on any atom is -0.351 e. The summed E-state index contributed by atoms with van der Waals surface area (Å²) in [6.45, 7) is 2.90. The Morgan fingerprint density at radius 2 is 2.14 bits per heavy atom. The zero-order valence-corrected chi connectivity index (χ0v) is 15.2. The molecule has 0 unspecified atom stereocenters. The Morgan fingerprint density at radius 1 is 1.43 bits per heavy atom. The SMILES string of the molecule is Cc1nn(CCCNC(=O)c2nn(C)cc2I)c(Cl)c1Cl. The lowest BCUT2D eigenvalue weighted by molar-refractivity contribution is 0.0946. The van der Waals surface area contributed by atoms with Gasteiger partial charge in [0, 0.05) is 26.3 Å². The van der Waals surface area contributed by atoms with Crippen molar-refractivity contribution in [1.82, 2.24) is 24.9 Å². The molecule has 2 aromatic rings. The second-order valence-electron chi connectivity index (χ2n) is 4.52. The number of carbonyl (C=O) groups excluding carboxylic acids is 1. The van der Waals surface area contributed by atoms with Crippen LogP contribution in [-0.2, 0) is 13.6 Å². The van der Waals surface area contributed by atoms with Crippen LogP contribution in [0, 0.1) is 10.5 Å². The fourth-order valence-electron chi connectivity index (χ4n) is 1.81. The van der Waals surface area contributed by atoms with Gasteiger partial charge in [-0.25, -0.2) is 0 Å². The predicted octanol–water partition coefficient (Wildman–Crippen LogP) is 2.66. The van der Waals surface area contributed by atoms with E-state index >= 15 is 0 Å². The number of hydrogen-bond acceptors (Lipinski definition) is 3. The number of nitrogens with one attached hydrogen (secondary N) is 1. The fourth-order valence-corrected chi connectivity index (χ4v) is 2.96. The Morgan fingerprint density at radius 3 is 2.67 bits per heavy atom. The molecule has 9 heteroatoms. The highest BCUT2D eigenvalue weighted by molar-refractivity contribution is 14.1. The van der Waals surface area contributed by atoms with Gasteiger partial charge in [0.2, 0.25) is 0 Å². The standard InChI is InChI=1S/C12H14Cl2IN5O/c1-7-9(13)11(14)20(17-7)5-3-4-16-12(21)10-8(15)6-19(2)18-10/h6H,3-5H2,1-2H3,(H,16,21). The third-order valence-electron chi connectivity index (χ3n) is 2.83. The van der Waals surface area contributed by atoms with Gasteiger partial charge in [-0.2, -0.15) is 10.2 Å². The number of aryl methyl sites for hydroxylation is 3. The van der Waals surface area contributed by atoms with Crippen LogP contribution in [0.1, 0.15) is 22.6 Å². The topological polar surface area (TPSA) is 64.7 Å². The molecule has 0 saturated heterocycles. The maximum Gasteiger partial charge on any atom is 0.272 e. The molecule has 0 aliphatic rings. The van der Waals surface area contributed by atoms with E-state index < -0.39 is 0 Å². The van der Waals surface area contributed by atoms with Crippen molar-refractivity contribution >= 4 is 51.7 Å². The molecule has 2 aromatic heterocycles. The minimum absolute atomic E-state index is 0.180. The first-order valence-corrected chi connectivity index (χ1v) is 8.09. The molecule has 1 N–H and O–H groups in total. The number of halogens is 3. The Labute approximate surface area is 145 Å². The molecule has 0 spiro atoms. The van der Waals surface area contributed by atoms with Crippen LogP contribution in [0.15, 0.2) is 6.20 Å². The molecule has 2 rings (SSSR count). The van der Waals surface area contributed by atoms with Crippen molar-refractivity contribution in [3.8, 4) is 0 Å². The quantitative estimate of drug-likeness (QED) is 0.573. The van der Waals surface area contributed by atoms with E-state index in [1.54, 1.807) is 29.5 Å². The van der Waals surface area contributed by atoms with Gasteiger partial charge in [-0.15, -0.1) is 0 Å². The first kappa shape index (κ1) is 16.6. The van der Waals surface area contributed by atoms with E-state index in [0.717, 1.165) is 3.57 Å². The summed E-state index contributed by atoms with van der Waals surface area (Å²) < 4.78 is 4.08. The highest BCUT2D eigenvalue weighted by Crippen LogP contribution is 2.24. The molecule has 0 radical (unpaired) electrons. The van der Waals surface area contributed by atoms with E-state index in [-0.39, 0.29) is 5.91 Å². The number of aromatic nitrogens is 4. The smallest absolute Gasteiger partial charge is 0.272 e. The first-order valence-electron chi connectivity index (χ1n) is 6.26. The minimum atomic E-state index is -0.180. The third-order valence-corrected chi connectivity index (χ3v) is 4.55. The van der Waals surface area contributed by atoms with Crippen LogP contribution in [0.25, 0.3) is 0 Å². The molecular formula is C12H14Cl2IN5O. The fraction of sp³-hybridized carbons (Fsp3) is 0.417. The second kappa shape index (κ2) is 6.97. The molecule has 2 heterocycles. The molecule has 0 fully saturated rings. The van der Waals surface area contributed by atoms with E-state index in [9.17, 15) is 4.79 Å². The highest BCUT2D eigenvalue weighted by atomic mass is 127. The maximum atomic E-state index is 12.0. The summed E-state index contributed by atoms with van der Waals surface area (Å²) in [5.41, 5.74) is 1.14. The van der Waals surface area contributed by atoms with Gasteiger partial charge in [0.1, 0.15) is 10.2 Å². The van der Waals surface area contributed by atoms with E-state index in [1.807, 2.05) is 0 Å². The number of rotatable bonds is 5. The molecule has 114 valence electrons. The molecule has 0 aliphatic heterocycles. The van der Waals surface area contributed by atoms with Crippen LogP contribution in [0.5, 0.6) is 0 Å². The zero-order valence-electron chi connectivity index (χ0n) is 11.5. The summed E-state index contributed by atoms with van der Waals surface area (Å²) in [4.78, 5) is 12.0. The predicted molar refractivity (Wildman–Crippen MR) is 89.9 cm³/mol. The summed E-state index contributed by atoms with van der Waals surface area (Å²) in [5, 5.41) is 12.1. The lowest BCUT2D eigenvalue weighted by atomic mass is 10.3. The van der Waals surface area contributed by atoms with Crippen molar-refractivity contribution in [2.24, 2.45) is 7.05 Å². The molecule has 1 amide bonds. The van der Waals surface area contributed by atoms with Crippen molar-refractivity contribution in [1.29, 1.82) is 0 Å². The van der Waals surface area contributed by atoms with Crippen LogP contribution in [0.3, 0.4) is 0 Å². The second-order valence-corrected chi connectivity index (χ2v) is 6.42. The van der Waals surface area contributed by atoms with Gasteiger partial charge in [-0.05, 0) is 35.9 Å².